The molecular formula is C21H17FN6O2S. The van der Waals surface area contributed by atoms with Crippen LogP contribution >= 0.6 is 11.8 Å². The van der Waals surface area contributed by atoms with E-state index in [0.717, 1.165) is 24.6 Å². The summed E-state index contributed by atoms with van der Waals surface area (Å²) in [5.74, 6) is -0.605. The van der Waals surface area contributed by atoms with Crippen molar-refractivity contribution in [1.82, 2.24) is 25.5 Å². The van der Waals surface area contributed by atoms with Crippen molar-refractivity contribution < 1.29 is 14.0 Å². The molecule has 5 rings (SSSR count). The lowest BCUT2D eigenvalue weighted by Crippen LogP contribution is -2.25. The van der Waals surface area contributed by atoms with Gasteiger partial charge in [0.25, 0.3) is 5.91 Å². The average Bonchev–Trinajstić information content (AvgIpc) is 3.51. The Labute approximate surface area is 180 Å². The Kier molecular flexibility index (Phi) is 4.99. The molecule has 1 fully saturated rings. The summed E-state index contributed by atoms with van der Waals surface area (Å²) in [7, 11) is 0. The average molecular weight is 436 g/mol. The van der Waals surface area contributed by atoms with Gasteiger partial charge in [0.1, 0.15) is 11.3 Å². The van der Waals surface area contributed by atoms with E-state index in [1.165, 1.54) is 12.1 Å². The summed E-state index contributed by atoms with van der Waals surface area (Å²) in [6, 6.07) is 11.4. The zero-order valence-corrected chi connectivity index (χ0v) is 17.0. The van der Waals surface area contributed by atoms with E-state index in [0.29, 0.717) is 44.5 Å². The summed E-state index contributed by atoms with van der Waals surface area (Å²) < 4.78 is 13.5. The highest BCUT2D eigenvalue weighted by Crippen LogP contribution is 2.24. The molecular weight excluding hydrogens is 419 g/mol. The van der Waals surface area contributed by atoms with Crippen molar-refractivity contribution >= 4 is 51.3 Å². The van der Waals surface area contributed by atoms with Crippen LogP contribution in [0.4, 0.5) is 10.1 Å². The minimum atomic E-state index is -0.359. The van der Waals surface area contributed by atoms with Gasteiger partial charge in [0.15, 0.2) is 5.65 Å². The van der Waals surface area contributed by atoms with Crippen molar-refractivity contribution in [3.63, 3.8) is 0 Å². The van der Waals surface area contributed by atoms with Crippen molar-refractivity contribution in [2.24, 2.45) is 0 Å². The number of nitrogens with zero attached hydrogens (tertiary/aromatic N) is 3. The van der Waals surface area contributed by atoms with E-state index in [1.807, 2.05) is 0 Å². The van der Waals surface area contributed by atoms with E-state index in [4.69, 9.17) is 0 Å². The number of H-pyrrole nitrogens is 1. The number of anilines is 1. The van der Waals surface area contributed by atoms with Crippen LogP contribution in [0.1, 0.15) is 23.2 Å². The molecule has 0 spiro atoms. The van der Waals surface area contributed by atoms with Crippen LogP contribution in [0.2, 0.25) is 0 Å². The zero-order chi connectivity index (χ0) is 21.4. The molecule has 1 saturated carbocycles. The minimum absolute atomic E-state index is 0.0892. The van der Waals surface area contributed by atoms with Crippen LogP contribution in [0, 0.1) is 5.82 Å². The number of halogens is 1. The number of carbonyl (C=O) groups is 2. The topological polar surface area (TPSA) is 113 Å². The highest BCUT2D eigenvalue weighted by atomic mass is 32.2. The van der Waals surface area contributed by atoms with Gasteiger partial charge in [0.2, 0.25) is 11.1 Å². The second kappa shape index (κ2) is 7.95. The third-order valence-corrected chi connectivity index (χ3v) is 5.67. The molecule has 8 nitrogen and oxygen atoms in total. The number of thioether (sulfide) groups is 1. The molecule has 0 radical (unpaired) electrons. The van der Waals surface area contributed by atoms with Crippen LogP contribution in [0.3, 0.4) is 0 Å². The Morgan fingerprint density at radius 1 is 1.13 bits per heavy atom. The SMILES string of the molecule is O=C(CSc1nnc2c(n1)[nH]c1ccc(F)cc12)Nc1ccc(C(=O)NC2CC2)cc1. The van der Waals surface area contributed by atoms with E-state index in [1.54, 1.807) is 30.3 Å². The van der Waals surface area contributed by atoms with Gasteiger partial charge in [-0.25, -0.2) is 9.37 Å². The van der Waals surface area contributed by atoms with Crippen molar-refractivity contribution in [3.8, 4) is 0 Å². The monoisotopic (exact) mass is 436 g/mol. The fourth-order valence-electron chi connectivity index (χ4n) is 3.12. The maximum absolute atomic E-state index is 13.5. The molecule has 31 heavy (non-hydrogen) atoms. The molecule has 2 aromatic carbocycles. The lowest BCUT2D eigenvalue weighted by atomic mass is 10.2. The maximum Gasteiger partial charge on any atom is 0.251 e. The number of aromatic amines is 1. The second-order valence-corrected chi connectivity index (χ2v) is 8.21. The number of fused-ring (bicyclic) bond motifs is 3. The van der Waals surface area contributed by atoms with Crippen LogP contribution in [-0.4, -0.2) is 43.8 Å². The van der Waals surface area contributed by atoms with Crippen LogP contribution in [-0.2, 0) is 4.79 Å². The van der Waals surface area contributed by atoms with Crippen molar-refractivity contribution in [1.29, 1.82) is 0 Å². The summed E-state index contributed by atoms with van der Waals surface area (Å²) in [5, 5.41) is 14.8. The van der Waals surface area contributed by atoms with Gasteiger partial charge in [-0.3, -0.25) is 9.59 Å². The van der Waals surface area contributed by atoms with E-state index < -0.39 is 0 Å². The number of carbonyl (C=O) groups excluding carboxylic acids is 2. The smallest absolute Gasteiger partial charge is 0.251 e. The predicted molar refractivity (Wildman–Crippen MR) is 115 cm³/mol. The fraction of sp³-hybridized carbons (Fsp3) is 0.190. The molecule has 0 aliphatic heterocycles. The summed E-state index contributed by atoms with van der Waals surface area (Å²) >= 11 is 1.14. The Balaban J connectivity index is 1.20. The Bertz CT molecular complexity index is 1300. The minimum Gasteiger partial charge on any atom is -0.349 e. The van der Waals surface area contributed by atoms with Gasteiger partial charge in [-0.1, -0.05) is 11.8 Å². The fourth-order valence-corrected chi connectivity index (χ4v) is 3.71. The lowest BCUT2D eigenvalue weighted by molar-refractivity contribution is -0.113. The van der Waals surface area contributed by atoms with E-state index in [2.05, 4.69) is 30.8 Å². The molecule has 2 heterocycles. The van der Waals surface area contributed by atoms with Crippen LogP contribution in [0.5, 0.6) is 0 Å². The Morgan fingerprint density at radius 2 is 1.94 bits per heavy atom. The molecule has 0 saturated heterocycles. The lowest BCUT2D eigenvalue weighted by Gasteiger charge is -2.07. The first-order valence-corrected chi connectivity index (χ1v) is 10.7. The van der Waals surface area contributed by atoms with Gasteiger partial charge in [0, 0.05) is 28.2 Å². The highest BCUT2D eigenvalue weighted by molar-refractivity contribution is 7.99. The Morgan fingerprint density at radius 3 is 2.71 bits per heavy atom. The summed E-state index contributed by atoms with van der Waals surface area (Å²) in [4.78, 5) is 31.7. The Hall–Kier alpha value is -3.53. The largest absolute Gasteiger partial charge is 0.349 e. The van der Waals surface area contributed by atoms with Gasteiger partial charge in [-0.2, -0.15) is 0 Å². The van der Waals surface area contributed by atoms with Gasteiger partial charge in [-0.05, 0) is 55.3 Å². The molecule has 2 amide bonds. The number of nitrogens with one attached hydrogen (secondary N) is 3. The van der Waals surface area contributed by atoms with E-state index in [9.17, 15) is 14.0 Å². The predicted octanol–water partition coefficient (Wildman–Crippen LogP) is 3.27. The molecule has 3 N–H and O–H groups in total. The zero-order valence-electron chi connectivity index (χ0n) is 16.2. The molecule has 1 aliphatic rings. The molecule has 2 aromatic heterocycles. The standard InChI is InChI=1S/C21H17FN6O2S/c22-12-3-8-16-15(9-12)18-19(25-16)26-21(28-27-18)31-10-17(29)23-13-4-1-11(2-5-13)20(30)24-14-6-7-14/h1-5,8-9,14H,6-7,10H2,(H,23,29)(H,24,30)(H,25,26,28). The molecule has 156 valence electrons. The van der Waals surface area contributed by atoms with Crippen LogP contribution in [0.25, 0.3) is 22.1 Å². The second-order valence-electron chi connectivity index (χ2n) is 7.27. The molecule has 4 aromatic rings. The van der Waals surface area contributed by atoms with E-state index >= 15 is 0 Å². The molecule has 10 heteroatoms. The number of hydrogen-bond donors (Lipinski definition) is 3. The van der Waals surface area contributed by atoms with E-state index in [-0.39, 0.29) is 23.4 Å². The number of aromatic nitrogens is 4. The third kappa shape index (κ3) is 4.33. The maximum atomic E-state index is 13.5. The number of benzene rings is 2. The van der Waals surface area contributed by atoms with Gasteiger partial charge in [0.05, 0.1) is 5.75 Å². The summed E-state index contributed by atoms with van der Waals surface area (Å²) in [6.45, 7) is 0. The van der Waals surface area contributed by atoms with Gasteiger partial charge in [-0.15, -0.1) is 10.2 Å². The first-order chi connectivity index (χ1) is 15.0. The first kappa shape index (κ1) is 19.4. The summed E-state index contributed by atoms with van der Waals surface area (Å²) in [5.41, 5.74) is 2.84. The normalized spacial score (nSPS) is 13.5. The van der Waals surface area contributed by atoms with Crippen molar-refractivity contribution in [2.45, 2.75) is 24.0 Å². The van der Waals surface area contributed by atoms with Crippen LogP contribution < -0.4 is 10.6 Å². The van der Waals surface area contributed by atoms with Crippen LogP contribution in [0.15, 0.2) is 47.6 Å². The molecule has 0 atom stereocenters. The van der Waals surface area contributed by atoms with Gasteiger partial charge < -0.3 is 15.6 Å². The quantitative estimate of drug-likeness (QED) is 0.400. The molecule has 0 bridgehead atoms. The van der Waals surface area contributed by atoms with Gasteiger partial charge >= 0.3 is 0 Å². The molecule has 0 unspecified atom stereocenters. The number of rotatable bonds is 6. The molecule has 1 aliphatic carbocycles. The first-order valence-electron chi connectivity index (χ1n) is 9.70. The van der Waals surface area contributed by atoms with Crippen molar-refractivity contribution in [3.05, 3.63) is 53.8 Å². The number of amides is 2. The van der Waals surface area contributed by atoms with Crippen molar-refractivity contribution in [2.75, 3.05) is 11.1 Å². The highest BCUT2D eigenvalue weighted by Gasteiger charge is 2.23. The summed E-state index contributed by atoms with van der Waals surface area (Å²) in [6.07, 6.45) is 2.06. The number of hydrogen-bond acceptors (Lipinski definition) is 6. The third-order valence-electron chi connectivity index (χ3n) is 4.83.